The Hall–Kier alpha value is -2.44. The van der Waals surface area contributed by atoms with E-state index in [-0.39, 0.29) is 31.7 Å². The Morgan fingerprint density at radius 3 is 2.72 bits per heavy atom. The predicted molar refractivity (Wildman–Crippen MR) is 121 cm³/mol. The number of thiazole rings is 1. The van der Waals surface area contributed by atoms with Gasteiger partial charge in [0.2, 0.25) is 15.7 Å². The molecule has 1 N–H and O–H groups in total. The summed E-state index contributed by atoms with van der Waals surface area (Å²) in [6.45, 7) is 0.0275. The molecular weight excluding hydrogens is 520 g/mol. The molecule has 3 aromatic heterocycles. The number of halogens is 3. The summed E-state index contributed by atoms with van der Waals surface area (Å²) in [5, 5.41) is 4.23. The SMILES string of the molecule is O=C(Nc1ncc(Cl)s1)Oc1cc(S(=O)(=O)c2cccs2)cn1Cc1ccc(Cl)c(F)c1. The Kier molecular flexibility index (Phi) is 6.54. The first kappa shape index (κ1) is 22.7. The lowest BCUT2D eigenvalue weighted by molar-refractivity contribution is 0.211. The summed E-state index contributed by atoms with van der Waals surface area (Å²) in [5.74, 6) is -0.681. The van der Waals surface area contributed by atoms with E-state index in [0.29, 0.717) is 9.90 Å². The zero-order valence-electron chi connectivity index (χ0n) is 15.8. The number of amides is 1. The number of rotatable bonds is 6. The number of benzene rings is 1. The molecule has 0 saturated carbocycles. The number of anilines is 1. The molecule has 0 aliphatic heterocycles. The van der Waals surface area contributed by atoms with E-state index in [0.717, 1.165) is 22.7 Å². The third-order valence-electron chi connectivity index (χ3n) is 4.12. The van der Waals surface area contributed by atoms with Crippen LogP contribution in [-0.4, -0.2) is 24.1 Å². The molecule has 0 bridgehead atoms. The van der Waals surface area contributed by atoms with Gasteiger partial charge in [0, 0.05) is 12.3 Å². The van der Waals surface area contributed by atoms with Crippen LogP contribution in [0.15, 0.2) is 63.3 Å². The Morgan fingerprint density at radius 2 is 2.06 bits per heavy atom. The second-order valence-corrected chi connectivity index (χ2v) is 11.5. The van der Waals surface area contributed by atoms with E-state index in [9.17, 15) is 17.6 Å². The highest BCUT2D eigenvalue weighted by molar-refractivity contribution is 7.93. The largest absolute Gasteiger partial charge is 0.420 e. The number of nitrogens with one attached hydrogen (secondary N) is 1. The average molecular weight is 532 g/mol. The quantitative estimate of drug-likeness (QED) is 0.332. The highest BCUT2D eigenvalue weighted by Crippen LogP contribution is 2.30. The van der Waals surface area contributed by atoms with Crippen molar-refractivity contribution in [2.24, 2.45) is 0 Å². The maximum atomic E-state index is 13.9. The minimum absolute atomic E-state index is 0.0275. The predicted octanol–water partition coefficient (Wildman–Crippen LogP) is 5.94. The van der Waals surface area contributed by atoms with Gasteiger partial charge < -0.3 is 9.30 Å². The second-order valence-electron chi connectivity index (χ2n) is 6.31. The van der Waals surface area contributed by atoms with Crippen LogP contribution < -0.4 is 10.1 Å². The van der Waals surface area contributed by atoms with Crippen molar-refractivity contribution in [1.82, 2.24) is 9.55 Å². The van der Waals surface area contributed by atoms with E-state index in [4.69, 9.17) is 27.9 Å². The van der Waals surface area contributed by atoms with Gasteiger partial charge in [0.05, 0.1) is 22.7 Å². The van der Waals surface area contributed by atoms with E-state index in [1.54, 1.807) is 17.5 Å². The number of aromatic nitrogens is 2. The maximum Gasteiger partial charge on any atom is 0.420 e. The molecule has 32 heavy (non-hydrogen) atoms. The van der Waals surface area contributed by atoms with Gasteiger partial charge in [0.1, 0.15) is 14.4 Å². The van der Waals surface area contributed by atoms with Crippen LogP contribution in [0.5, 0.6) is 5.88 Å². The van der Waals surface area contributed by atoms with Crippen LogP contribution >= 0.6 is 45.9 Å². The first-order chi connectivity index (χ1) is 15.2. The van der Waals surface area contributed by atoms with E-state index in [1.807, 2.05) is 0 Å². The Bertz CT molecular complexity index is 1380. The zero-order valence-corrected chi connectivity index (χ0v) is 19.8. The number of sulfone groups is 1. The van der Waals surface area contributed by atoms with Crippen molar-refractivity contribution < 1.29 is 22.3 Å². The molecule has 0 radical (unpaired) electrons. The fourth-order valence-electron chi connectivity index (χ4n) is 2.70. The van der Waals surface area contributed by atoms with Gasteiger partial charge in [-0.1, -0.05) is 46.7 Å². The third-order valence-corrected chi connectivity index (χ3v) is 8.58. The van der Waals surface area contributed by atoms with Crippen molar-refractivity contribution in [2.75, 3.05) is 5.32 Å². The molecule has 0 aliphatic carbocycles. The van der Waals surface area contributed by atoms with Crippen molar-refractivity contribution in [1.29, 1.82) is 0 Å². The standard InChI is InChI=1S/C19H12Cl2FN3O4S3/c20-13-4-3-11(6-14(13)22)9-25-10-12(32(27,28)17-2-1-5-30-17)7-16(25)29-19(26)24-18-23-8-15(21)31-18/h1-8,10H,9H2,(H,23,24,26). The van der Waals surface area contributed by atoms with Gasteiger partial charge >= 0.3 is 6.09 Å². The molecular formula is C19H12Cl2FN3O4S3. The molecule has 4 rings (SSSR count). The van der Waals surface area contributed by atoms with E-state index in [2.05, 4.69) is 10.3 Å². The van der Waals surface area contributed by atoms with Crippen molar-refractivity contribution in [3.8, 4) is 5.88 Å². The van der Waals surface area contributed by atoms with Gasteiger partial charge in [-0.05, 0) is 29.1 Å². The molecule has 4 aromatic rings. The van der Waals surface area contributed by atoms with Crippen LogP contribution in [0.3, 0.4) is 0 Å². The van der Waals surface area contributed by atoms with Crippen LogP contribution in [0.2, 0.25) is 9.36 Å². The number of hydrogen-bond donors (Lipinski definition) is 1. The summed E-state index contributed by atoms with van der Waals surface area (Å²) in [4.78, 5) is 16.2. The van der Waals surface area contributed by atoms with E-state index < -0.39 is 21.7 Å². The molecule has 0 fully saturated rings. The smallest absolute Gasteiger partial charge is 0.393 e. The topological polar surface area (TPSA) is 90.3 Å². The monoisotopic (exact) mass is 531 g/mol. The first-order valence-electron chi connectivity index (χ1n) is 8.75. The van der Waals surface area contributed by atoms with E-state index >= 15 is 0 Å². The Balaban J connectivity index is 1.66. The summed E-state index contributed by atoms with van der Waals surface area (Å²) in [6.07, 6.45) is 1.80. The number of hydrogen-bond acceptors (Lipinski definition) is 7. The maximum absolute atomic E-state index is 13.9. The minimum Gasteiger partial charge on any atom is -0.393 e. The second kappa shape index (κ2) is 9.20. The third kappa shape index (κ3) is 4.97. The van der Waals surface area contributed by atoms with Crippen LogP contribution in [-0.2, 0) is 16.4 Å². The van der Waals surface area contributed by atoms with Crippen molar-refractivity contribution in [2.45, 2.75) is 15.6 Å². The summed E-state index contributed by atoms with van der Waals surface area (Å²) in [6, 6.07) is 8.52. The fraction of sp³-hybridized carbons (Fsp3) is 0.0526. The lowest BCUT2D eigenvalue weighted by Gasteiger charge is -2.10. The average Bonchev–Trinajstić information content (AvgIpc) is 3.48. The molecule has 0 aliphatic rings. The minimum atomic E-state index is -3.83. The van der Waals surface area contributed by atoms with Crippen LogP contribution in [0.1, 0.15) is 5.56 Å². The van der Waals surface area contributed by atoms with Gasteiger partial charge in [-0.25, -0.2) is 22.6 Å². The van der Waals surface area contributed by atoms with Crippen LogP contribution in [0.25, 0.3) is 0 Å². The molecule has 166 valence electrons. The molecule has 0 unspecified atom stereocenters. The van der Waals surface area contributed by atoms with Gasteiger partial charge in [-0.15, -0.1) is 11.3 Å². The number of ether oxygens (including phenoxy) is 1. The summed E-state index contributed by atoms with van der Waals surface area (Å²) in [7, 11) is -3.83. The van der Waals surface area contributed by atoms with Crippen LogP contribution in [0, 0.1) is 5.82 Å². The molecule has 1 amide bonds. The Morgan fingerprint density at radius 1 is 1.25 bits per heavy atom. The van der Waals surface area contributed by atoms with Gasteiger partial charge in [0.15, 0.2) is 5.13 Å². The lowest BCUT2D eigenvalue weighted by atomic mass is 10.2. The van der Waals surface area contributed by atoms with Crippen molar-refractivity contribution in [3.63, 3.8) is 0 Å². The van der Waals surface area contributed by atoms with Gasteiger partial charge in [0.25, 0.3) is 0 Å². The van der Waals surface area contributed by atoms with Crippen molar-refractivity contribution >= 4 is 66.9 Å². The highest BCUT2D eigenvalue weighted by Gasteiger charge is 2.24. The molecule has 1 aromatic carbocycles. The Labute approximate surface area is 199 Å². The molecule has 7 nitrogen and oxygen atoms in total. The number of carbonyl (C=O) groups excluding carboxylic acids is 1. The van der Waals surface area contributed by atoms with Gasteiger partial charge in [-0.3, -0.25) is 5.32 Å². The fourth-order valence-corrected chi connectivity index (χ4v) is 6.04. The van der Waals surface area contributed by atoms with Crippen molar-refractivity contribution in [3.05, 3.63) is 74.9 Å². The summed E-state index contributed by atoms with van der Waals surface area (Å²) in [5.41, 5.74) is 0.486. The number of thiophene rings is 1. The number of nitrogens with zero attached hydrogens (tertiary/aromatic N) is 2. The van der Waals surface area contributed by atoms with Crippen LogP contribution in [0.4, 0.5) is 14.3 Å². The zero-order chi connectivity index (χ0) is 22.9. The van der Waals surface area contributed by atoms with Gasteiger partial charge in [-0.2, -0.15) is 0 Å². The normalized spacial score (nSPS) is 11.5. The summed E-state index contributed by atoms with van der Waals surface area (Å²) >= 11 is 13.6. The molecule has 0 spiro atoms. The number of carbonyl (C=O) groups is 1. The highest BCUT2D eigenvalue weighted by atomic mass is 35.5. The lowest BCUT2D eigenvalue weighted by Crippen LogP contribution is -2.18. The molecule has 13 heteroatoms. The first-order valence-corrected chi connectivity index (χ1v) is 12.7. The summed E-state index contributed by atoms with van der Waals surface area (Å²) < 4.78 is 47.0. The molecule has 0 saturated heterocycles. The molecule has 3 heterocycles. The van der Waals surface area contributed by atoms with E-state index in [1.165, 1.54) is 41.2 Å². The molecule has 0 atom stereocenters.